The number of nitrogens with two attached hydrogens (primary N) is 4. The topological polar surface area (TPSA) is 203 Å². The summed E-state index contributed by atoms with van der Waals surface area (Å²) in [5.41, 5.74) is 20.7. The van der Waals surface area contributed by atoms with E-state index in [-0.39, 0.29) is 12.8 Å². The van der Waals surface area contributed by atoms with Crippen LogP contribution in [0.4, 0.5) is 0 Å². The molecule has 0 aromatic heterocycles. The number of carboxylic acid groups (broad SMARTS) is 2. The van der Waals surface area contributed by atoms with Crippen molar-refractivity contribution in [3.05, 3.63) is 0 Å². The minimum absolute atomic E-state index is 0.0628. The smallest absolute Gasteiger partial charge is 0.303 e. The minimum Gasteiger partial charge on any atom is -0.481 e. The zero-order chi connectivity index (χ0) is 19.1. The molecule has 0 spiro atoms. The van der Waals surface area contributed by atoms with Crippen molar-refractivity contribution in [1.29, 1.82) is 0 Å². The van der Waals surface area contributed by atoms with Crippen LogP contribution in [0.25, 0.3) is 0 Å². The largest absolute Gasteiger partial charge is 0.481 e. The fourth-order valence-corrected chi connectivity index (χ4v) is 1.21. The van der Waals surface area contributed by atoms with E-state index in [9.17, 15) is 9.59 Å². The molecule has 0 aliphatic heterocycles. The molecular formula is C14H36N6O4. The predicted molar refractivity (Wildman–Crippen MR) is 95.7 cm³/mol. The standard InChI is InChI=1S/C6H10O4.2C4H13N3/c7-5(8)3-1-2-4-6(9)10;2*5-1-3-7-4-2-6/h1-4H2,(H,7,8)(H,9,10);2*7H,1-6H2. The van der Waals surface area contributed by atoms with E-state index in [1.54, 1.807) is 0 Å². The number of hydrogen-bond acceptors (Lipinski definition) is 8. The lowest BCUT2D eigenvalue weighted by atomic mass is 10.2. The van der Waals surface area contributed by atoms with Crippen molar-refractivity contribution in [3.8, 4) is 0 Å². The van der Waals surface area contributed by atoms with E-state index in [2.05, 4.69) is 10.6 Å². The highest BCUT2D eigenvalue weighted by Crippen LogP contribution is 1.98. The average Bonchev–Trinajstić information content (AvgIpc) is 2.54. The summed E-state index contributed by atoms with van der Waals surface area (Å²) in [5, 5.41) is 22.3. The zero-order valence-corrected chi connectivity index (χ0v) is 14.5. The second kappa shape index (κ2) is 26.6. The van der Waals surface area contributed by atoms with Gasteiger partial charge in [0.05, 0.1) is 0 Å². The molecule has 0 atom stereocenters. The van der Waals surface area contributed by atoms with Gasteiger partial charge in [-0.1, -0.05) is 0 Å². The summed E-state index contributed by atoms with van der Waals surface area (Å²) in [6.07, 6.45) is 1.02. The SMILES string of the molecule is NCCNCCN.NCCNCCN.O=C(O)CCCCC(=O)O. The van der Waals surface area contributed by atoms with E-state index in [0.29, 0.717) is 39.0 Å². The van der Waals surface area contributed by atoms with Gasteiger partial charge in [0.25, 0.3) is 0 Å². The van der Waals surface area contributed by atoms with Gasteiger partial charge in [-0.3, -0.25) is 9.59 Å². The average molecular weight is 352 g/mol. The van der Waals surface area contributed by atoms with Crippen LogP contribution in [0.5, 0.6) is 0 Å². The molecule has 10 heteroatoms. The Balaban J connectivity index is -0.000000283. The summed E-state index contributed by atoms with van der Waals surface area (Å²) < 4.78 is 0. The summed E-state index contributed by atoms with van der Waals surface area (Å²) in [4.78, 5) is 19.8. The van der Waals surface area contributed by atoms with Crippen LogP contribution in [0.1, 0.15) is 25.7 Å². The molecule has 10 nitrogen and oxygen atoms in total. The minimum atomic E-state index is -0.870. The van der Waals surface area contributed by atoms with Crippen molar-refractivity contribution >= 4 is 11.9 Å². The third kappa shape index (κ3) is 42.8. The second-order valence-electron chi connectivity index (χ2n) is 4.65. The molecule has 12 N–H and O–H groups in total. The molecule has 146 valence electrons. The van der Waals surface area contributed by atoms with E-state index in [1.807, 2.05) is 0 Å². The van der Waals surface area contributed by atoms with Crippen molar-refractivity contribution in [2.24, 2.45) is 22.9 Å². The van der Waals surface area contributed by atoms with Gasteiger partial charge in [-0.25, -0.2) is 0 Å². The molecule has 24 heavy (non-hydrogen) atoms. The van der Waals surface area contributed by atoms with Gasteiger partial charge in [0, 0.05) is 65.2 Å². The van der Waals surface area contributed by atoms with Gasteiger partial charge >= 0.3 is 11.9 Å². The van der Waals surface area contributed by atoms with Gasteiger partial charge in [-0.05, 0) is 12.8 Å². The number of unbranched alkanes of at least 4 members (excludes halogenated alkanes) is 1. The Morgan fingerprint density at radius 1 is 0.625 bits per heavy atom. The molecule has 0 heterocycles. The first-order valence-electron chi connectivity index (χ1n) is 8.11. The van der Waals surface area contributed by atoms with Crippen LogP contribution in [0.2, 0.25) is 0 Å². The first-order valence-corrected chi connectivity index (χ1v) is 8.11. The van der Waals surface area contributed by atoms with Crippen LogP contribution in [0, 0.1) is 0 Å². The molecule has 0 radical (unpaired) electrons. The van der Waals surface area contributed by atoms with Crippen molar-refractivity contribution < 1.29 is 19.8 Å². The summed E-state index contributed by atoms with van der Waals surface area (Å²) in [6.45, 7) is 6.27. The van der Waals surface area contributed by atoms with Crippen LogP contribution in [0.15, 0.2) is 0 Å². The maximum Gasteiger partial charge on any atom is 0.303 e. The Morgan fingerprint density at radius 2 is 0.875 bits per heavy atom. The Labute approximate surface area is 144 Å². The summed E-state index contributed by atoms with van der Waals surface area (Å²) in [5.74, 6) is -1.74. The molecule has 0 rings (SSSR count). The second-order valence-corrected chi connectivity index (χ2v) is 4.65. The molecule has 0 amide bonds. The Hall–Kier alpha value is -1.30. The summed E-state index contributed by atoms with van der Waals surface area (Å²) >= 11 is 0. The maximum absolute atomic E-state index is 9.90. The van der Waals surface area contributed by atoms with Crippen molar-refractivity contribution in [3.63, 3.8) is 0 Å². The molecule has 0 bridgehead atoms. The lowest BCUT2D eigenvalue weighted by Crippen LogP contribution is -2.27. The number of nitrogens with one attached hydrogen (secondary N) is 2. The van der Waals surface area contributed by atoms with Gasteiger partial charge in [-0.15, -0.1) is 0 Å². The highest BCUT2D eigenvalue weighted by atomic mass is 16.4. The van der Waals surface area contributed by atoms with Gasteiger partial charge in [0.2, 0.25) is 0 Å². The van der Waals surface area contributed by atoms with Crippen molar-refractivity contribution in [2.75, 3.05) is 52.4 Å². The number of aliphatic carboxylic acids is 2. The predicted octanol–water partition coefficient (Wildman–Crippen LogP) is -2.30. The maximum atomic E-state index is 9.90. The van der Waals surface area contributed by atoms with Crippen LogP contribution < -0.4 is 33.6 Å². The Morgan fingerprint density at radius 3 is 1.04 bits per heavy atom. The van der Waals surface area contributed by atoms with E-state index >= 15 is 0 Å². The molecule has 0 aromatic rings. The summed E-state index contributed by atoms with van der Waals surface area (Å²) in [6, 6.07) is 0. The Bertz CT molecular complexity index is 236. The number of rotatable bonds is 13. The van der Waals surface area contributed by atoms with E-state index in [1.165, 1.54) is 0 Å². The molecule has 0 fully saturated rings. The zero-order valence-electron chi connectivity index (χ0n) is 14.5. The van der Waals surface area contributed by atoms with E-state index in [4.69, 9.17) is 33.1 Å². The van der Waals surface area contributed by atoms with Crippen molar-refractivity contribution in [2.45, 2.75) is 25.7 Å². The number of carboxylic acids is 2. The first kappa shape index (κ1) is 27.5. The lowest BCUT2D eigenvalue weighted by molar-refractivity contribution is -0.139. The van der Waals surface area contributed by atoms with Crippen LogP contribution >= 0.6 is 0 Å². The quantitative estimate of drug-likeness (QED) is 0.166. The monoisotopic (exact) mass is 352 g/mol. The molecule has 0 aromatic carbocycles. The molecule has 0 aliphatic rings. The fourth-order valence-electron chi connectivity index (χ4n) is 1.21. The third-order valence-electron chi connectivity index (χ3n) is 2.32. The van der Waals surface area contributed by atoms with Crippen LogP contribution in [0.3, 0.4) is 0 Å². The highest BCUT2D eigenvalue weighted by Gasteiger charge is 1.99. The highest BCUT2D eigenvalue weighted by molar-refractivity contribution is 5.67. The fraction of sp³-hybridized carbons (Fsp3) is 0.857. The van der Waals surface area contributed by atoms with Gasteiger partial charge in [0.1, 0.15) is 0 Å². The summed E-state index contributed by atoms with van der Waals surface area (Å²) in [7, 11) is 0. The van der Waals surface area contributed by atoms with Gasteiger partial charge < -0.3 is 43.8 Å². The third-order valence-corrected chi connectivity index (χ3v) is 2.32. The number of hydrogen-bond donors (Lipinski definition) is 8. The molecule has 0 saturated heterocycles. The Kier molecular flexibility index (Phi) is 30.5. The molecule has 0 saturated carbocycles. The van der Waals surface area contributed by atoms with Crippen LogP contribution in [-0.4, -0.2) is 74.5 Å². The molecular weight excluding hydrogens is 316 g/mol. The normalized spacial score (nSPS) is 9.33. The molecule has 0 unspecified atom stereocenters. The van der Waals surface area contributed by atoms with Gasteiger partial charge in [0.15, 0.2) is 0 Å². The van der Waals surface area contributed by atoms with Crippen molar-refractivity contribution in [1.82, 2.24) is 10.6 Å². The first-order chi connectivity index (χ1) is 11.5. The van der Waals surface area contributed by atoms with E-state index < -0.39 is 11.9 Å². The number of carbonyl (C=O) groups is 2. The van der Waals surface area contributed by atoms with E-state index in [0.717, 1.165) is 26.2 Å². The van der Waals surface area contributed by atoms with Gasteiger partial charge in [-0.2, -0.15) is 0 Å². The van der Waals surface area contributed by atoms with Crippen LogP contribution in [-0.2, 0) is 9.59 Å². The molecule has 0 aliphatic carbocycles. The lowest BCUT2D eigenvalue weighted by Gasteiger charge is -1.95.